The Hall–Kier alpha value is -1.30. The minimum atomic E-state index is -4.31. The lowest BCUT2D eigenvalue weighted by atomic mass is 10.2. The van der Waals surface area contributed by atoms with Crippen molar-refractivity contribution in [2.75, 3.05) is 0 Å². The molecule has 0 aliphatic carbocycles. The second-order valence-electron chi connectivity index (χ2n) is 3.54. The van der Waals surface area contributed by atoms with Gasteiger partial charge in [-0.05, 0) is 19.1 Å². The van der Waals surface area contributed by atoms with Crippen LogP contribution in [0, 0.1) is 0 Å². The van der Waals surface area contributed by atoms with Crippen LogP contribution in [0.5, 0.6) is 0 Å². The molecule has 1 unspecified atom stereocenters. The van der Waals surface area contributed by atoms with Gasteiger partial charge in [-0.25, -0.2) is 4.98 Å². The maximum Gasteiger partial charge on any atom is 0.391 e. The molecule has 1 N–H and O–H groups in total. The summed E-state index contributed by atoms with van der Waals surface area (Å²) in [5.74, 6) is -0.667. The highest BCUT2D eigenvalue weighted by molar-refractivity contribution is 6.32. The Morgan fingerprint density at radius 1 is 1.59 bits per heavy atom. The van der Waals surface area contributed by atoms with E-state index in [2.05, 4.69) is 10.3 Å². The molecule has 3 nitrogen and oxygen atoms in total. The smallest absolute Gasteiger partial charge is 0.349 e. The van der Waals surface area contributed by atoms with Gasteiger partial charge in [-0.15, -0.1) is 0 Å². The van der Waals surface area contributed by atoms with Gasteiger partial charge in [0.05, 0.1) is 12.0 Å². The maximum atomic E-state index is 12.0. The average Bonchev–Trinajstić information content (AvgIpc) is 2.14. The molecule has 0 spiro atoms. The second-order valence-corrected chi connectivity index (χ2v) is 3.89. The van der Waals surface area contributed by atoms with Gasteiger partial charge < -0.3 is 5.32 Å². The van der Waals surface area contributed by atoms with Crippen molar-refractivity contribution in [3.05, 3.63) is 29.0 Å². The van der Waals surface area contributed by atoms with Crippen LogP contribution in [0.25, 0.3) is 0 Å². The molecule has 1 heterocycles. The first-order valence-electron chi connectivity index (χ1n) is 4.78. The first-order valence-corrected chi connectivity index (χ1v) is 5.15. The molecular formula is C10H10ClF3N2O. The Bertz CT molecular complexity index is 409. The summed E-state index contributed by atoms with van der Waals surface area (Å²) in [5.41, 5.74) is 0.0585. The van der Waals surface area contributed by atoms with E-state index in [1.807, 2.05) is 0 Å². The summed E-state index contributed by atoms with van der Waals surface area (Å²) in [4.78, 5) is 15.2. The number of alkyl halides is 3. The van der Waals surface area contributed by atoms with E-state index in [1.165, 1.54) is 25.3 Å². The van der Waals surface area contributed by atoms with Crippen LogP contribution in [0.15, 0.2) is 18.3 Å². The topological polar surface area (TPSA) is 42.0 Å². The summed E-state index contributed by atoms with van der Waals surface area (Å²) >= 11 is 5.64. The Kier molecular flexibility index (Phi) is 4.34. The lowest BCUT2D eigenvalue weighted by Crippen LogP contribution is -2.36. The fraction of sp³-hybridized carbons (Fsp3) is 0.400. The molecule has 17 heavy (non-hydrogen) atoms. The van der Waals surface area contributed by atoms with E-state index in [9.17, 15) is 18.0 Å². The fourth-order valence-electron chi connectivity index (χ4n) is 1.26. The molecule has 1 amide bonds. The lowest BCUT2D eigenvalue weighted by molar-refractivity contribution is -0.138. The normalized spacial score (nSPS) is 13.2. The van der Waals surface area contributed by atoms with Crippen molar-refractivity contribution in [2.24, 2.45) is 0 Å². The summed E-state index contributed by atoms with van der Waals surface area (Å²) in [6, 6.07) is 1.86. The minimum Gasteiger partial charge on any atom is -0.349 e. The zero-order valence-corrected chi connectivity index (χ0v) is 9.64. The van der Waals surface area contributed by atoms with Crippen LogP contribution in [0.3, 0.4) is 0 Å². The van der Waals surface area contributed by atoms with Crippen molar-refractivity contribution in [1.82, 2.24) is 10.3 Å². The highest BCUT2D eigenvalue weighted by Gasteiger charge is 2.30. The van der Waals surface area contributed by atoms with Gasteiger partial charge in [0.25, 0.3) is 5.91 Å². The van der Waals surface area contributed by atoms with Crippen LogP contribution in [0.4, 0.5) is 13.2 Å². The number of carbonyl (C=O) groups excluding carboxylic acids is 1. The molecule has 1 aromatic heterocycles. The van der Waals surface area contributed by atoms with Crippen LogP contribution < -0.4 is 5.32 Å². The van der Waals surface area contributed by atoms with Gasteiger partial charge in [-0.1, -0.05) is 11.6 Å². The van der Waals surface area contributed by atoms with Gasteiger partial charge in [-0.2, -0.15) is 13.2 Å². The maximum absolute atomic E-state index is 12.0. The second kappa shape index (κ2) is 5.35. The molecule has 0 aromatic carbocycles. The van der Waals surface area contributed by atoms with Gasteiger partial charge in [0, 0.05) is 12.2 Å². The predicted molar refractivity (Wildman–Crippen MR) is 56.8 cm³/mol. The van der Waals surface area contributed by atoms with Gasteiger partial charge in [0.2, 0.25) is 0 Å². The first kappa shape index (κ1) is 13.8. The van der Waals surface area contributed by atoms with E-state index in [-0.39, 0.29) is 10.7 Å². The Morgan fingerprint density at radius 3 is 2.76 bits per heavy atom. The van der Waals surface area contributed by atoms with Gasteiger partial charge in [0.15, 0.2) is 0 Å². The summed E-state index contributed by atoms with van der Waals surface area (Å²) in [6.45, 7) is 1.27. The van der Waals surface area contributed by atoms with Gasteiger partial charge in [0.1, 0.15) is 5.15 Å². The molecule has 1 atom stereocenters. The highest BCUT2D eigenvalue weighted by Crippen LogP contribution is 2.21. The monoisotopic (exact) mass is 266 g/mol. The van der Waals surface area contributed by atoms with E-state index >= 15 is 0 Å². The molecule has 0 aliphatic rings. The molecule has 94 valence electrons. The van der Waals surface area contributed by atoms with Crippen LogP contribution in [-0.4, -0.2) is 23.1 Å². The quantitative estimate of drug-likeness (QED) is 0.855. The molecule has 1 rings (SSSR count). The third-order valence-electron chi connectivity index (χ3n) is 1.92. The van der Waals surface area contributed by atoms with Crippen molar-refractivity contribution in [1.29, 1.82) is 0 Å². The average molecular weight is 267 g/mol. The van der Waals surface area contributed by atoms with Crippen LogP contribution in [0.2, 0.25) is 5.15 Å². The molecule has 1 aromatic rings. The van der Waals surface area contributed by atoms with E-state index in [1.54, 1.807) is 0 Å². The van der Waals surface area contributed by atoms with Crippen molar-refractivity contribution in [2.45, 2.75) is 25.6 Å². The Labute approximate surface area is 101 Å². The standard InChI is InChI=1S/C10H10ClF3N2O/c1-6(5-10(12,13)14)16-9(17)7-3-2-4-15-8(7)11/h2-4,6H,5H2,1H3,(H,16,17). The molecule has 0 saturated carbocycles. The lowest BCUT2D eigenvalue weighted by Gasteiger charge is -2.15. The van der Waals surface area contributed by atoms with E-state index in [4.69, 9.17) is 11.6 Å². The summed E-state index contributed by atoms with van der Waals surface area (Å²) in [7, 11) is 0. The van der Waals surface area contributed by atoms with Crippen molar-refractivity contribution >= 4 is 17.5 Å². The third-order valence-corrected chi connectivity index (χ3v) is 2.22. The summed E-state index contributed by atoms with van der Waals surface area (Å²) in [5, 5.41) is 2.17. The van der Waals surface area contributed by atoms with Crippen molar-refractivity contribution in [3.63, 3.8) is 0 Å². The summed E-state index contributed by atoms with van der Waals surface area (Å²) < 4.78 is 36.1. The molecule has 0 bridgehead atoms. The number of halogens is 4. The van der Waals surface area contributed by atoms with Crippen molar-refractivity contribution in [3.8, 4) is 0 Å². The SMILES string of the molecule is CC(CC(F)(F)F)NC(=O)c1cccnc1Cl. The predicted octanol–water partition coefficient (Wildman–Crippen LogP) is 2.81. The number of nitrogens with zero attached hydrogens (tertiary/aromatic N) is 1. The number of rotatable bonds is 3. The molecule has 0 saturated heterocycles. The molecule has 0 fully saturated rings. The Morgan fingerprint density at radius 2 is 2.24 bits per heavy atom. The van der Waals surface area contributed by atoms with Gasteiger partial charge in [-0.3, -0.25) is 4.79 Å². The zero-order valence-electron chi connectivity index (χ0n) is 8.88. The van der Waals surface area contributed by atoms with E-state index < -0.39 is 24.5 Å². The van der Waals surface area contributed by atoms with E-state index in [0.717, 1.165) is 0 Å². The number of carbonyl (C=O) groups is 1. The third kappa shape index (κ3) is 4.60. The number of aromatic nitrogens is 1. The number of pyridine rings is 1. The molecule has 0 aliphatic heterocycles. The number of amides is 1. The zero-order chi connectivity index (χ0) is 13.1. The fourth-order valence-corrected chi connectivity index (χ4v) is 1.46. The van der Waals surface area contributed by atoms with Crippen LogP contribution in [-0.2, 0) is 0 Å². The molecule has 0 radical (unpaired) electrons. The summed E-state index contributed by atoms with van der Waals surface area (Å²) in [6.07, 6.45) is -4.01. The molecule has 7 heteroatoms. The number of nitrogens with one attached hydrogen (secondary N) is 1. The van der Waals surface area contributed by atoms with Crippen molar-refractivity contribution < 1.29 is 18.0 Å². The number of hydrogen-bond donors (Lipinski definition) is 1. The highest BCUT2D eigenvalue weighted by atomic mass is 35.5. The molecular weight excluding hydrogens is 257 g/mol. The van der Waals surface area contributed by atoms with Crippen LogP contribution >= 0.6 is 11.6 Å². The van der Waals surface area contributed by atoms with Gasteiger partial charge >= 0.3 is 6.18 Å². The Balaban J connectivity index is 2.64. The minimum absolute atomic E-state index is 0.0378. The number of hydrogen-bond acceptors (Lipinski definition) is 2. The van der Waals surface area contributed by atoms with E-state index in [0.29, 0.717) is 0 Å². The largest absolute Gasteiger partial charge is 0.391 e. The first-order chi connectivity index (χ1) is 7.79. The van der Waals surface area contributed by atoms with Crippen LogP contribution in [0.1, 0.15) is 23.7 Å².